The van der Waals surface area contributed by atoms with Gasteiger partial charge >= 0.3 is 0 Å². The second-order valence-electron chi connectivity index (χ2n) is 7.97. The first kappa shape index (κ1) is 21.2. The lowest BCUT2D eigenvalue weighted by Gasteiger charge is -2.24. The Kier molecular flexibility index (Phi) is 5.40. The summed E-state index contributed by atoms with van der Waals surface area (Å²) >= 11 is 0. The van der Waals surface area contributed by atoms with Crippen LogP contribution in [0.4, 0.5) is 0 Å². The second-order valence-corrected chi connectivity index (χ2v) is 9.86. The third-order valence-electron chi connectivity index (χ3n) is 5.98. The number of carbonyl (C=O) groups excluding carboxylic acids is 1. The van der Waals surface area contributed by atoms with Crippen LogP contribution in [0.2, 0.25) is 0 Å². The van der Waals surface area contributed by atoms with Gasteiger partial charge in [-0.15, -0.1) is 0 Å². The van der Waals surface area contributed by atoms with Gasteiger partial charge in [-0.05, 0) is 53.4 Å². The third-order valence-corrected chi connectivity index (χ3v) is 7.88. The highest BCUT2D eigenvalue weighted by atomic mass is 32.2. The van der Waals surface area contributed by atoms with Crippen molar-refractivity contribution in [1.29, 1.82) is 5.26 Å². The summed E-state index contributed by atoms with van der Waals surface area (Å²) in [4.78, 5) is 13.2. The van der Waals surface area contributed by atoms with E-state index < -0.39 is 28.0 Å². The van der Waals surface area contributed by atoms with Gasteiger partial charge in [0.25, 0.3) is 0 Å². The molecule has 0 aromatic heterocycles. The number of sulfonamides is 1. The van der Waals surface area contributed by atoms with Crippen molar-refractivity contribution in [3.05, 3.63) is 66.2 Å². The molecule has 1 amide bonds. The SMILES string of the molecule is N#CC(NC(=O)[C@@H]1CCCN1S(=O)(=O)c1ccc2ccccc2c1)c1ccc2c(c1)OCO2. The van der Waals surface area contributed by atoms with Gasteiger partial charge in [0, 0.05) is 6.54 Å². The molecule has 1 saturated heterocycles. The van der Waals surface area contributed by atoms with Crippen LogP contribution in [0.3, 0.4) is 0 Å². The molecule has 0 aliphatic carbocycles. The van der Waals surface area contributed by atoms with Gasteiger partial charge in [0.05, 0.1) is 11.0 Å². The Balaban J connectivity index is 1.38. The van der Waals surface area contributed by atoms with E-state index in [0.29, 0.717) is 29.9 Å². The smallest absolute Gasteiger partial charge is 0.243 e. The molecule has 3 aromatic rings. The average Bonchev–Trinajstić information content (AvgIpc) is 3.51. The molecule has 2 aliphatic heterocycles. The zero-order valence-corrected chi connectivity index (χ0v) is 18.4. The fraction of sp³-hybridized carbons (Fsp3) is 0.250. The van der Waals surface area contributed by atoms with Gasteiger partial charge in [-0.3, -0.25) is 4.79 Å². The number of hydrogen-bond acceptors (Lipinski definition) is 6. The van der Waals surface area contributed by atoms with Crippen molar-refractivity contribution in [1.82, 2.24) is 9.62 Å². The first-order chi connectivity index (χ1) is 16.0. The van der Waals surface area contributed by atoms with Crippen molar-refractivity contribution in [3.8, 4) is 17.6 Å². The van der Waals surface area contributed by atoms with Crippen LogP contribution in [0.15, 0.2) is 65.6 Å². The minimum Gasteiger partial charge on any atom is -0.454 e. The molecular formula is C24H21N3O5S. The third kappa shape index (κ3) is 3.88. The van der Waals surface area contributed by atoms with Crippen molar-refractivity contribution in [2.45, 2.75) is 29.8 Å². The molecule has 2 atom stereocenters. The van der Waals surface area contributed by atoms with Gasteiger partial charge in [0.15, 0.2) is 11.5 Å². The summed E-state index contributed by atoms with van der Waals surface area (Å²) < 4.78 is 38.7. The van der Waals surface area contributed by atoms with Crippen molar-refractivity contribution in [3.63, 3.8) is 0 Å². The Morgan fingerprint density at radius 1 is 1.06 bits per heavy atom. The van der Waals surface area contributed by atoms with E-state index >= 15 is 0 Å². The Bertz CT molecular complexity index is 1380. The molecule has 0 bridgehead atoms. The number of nitriles is 1. The lowest BCUT2D eigenvalue weighted by molar-refractivity contribution is -0.124. The van der Waals surface area contributed by atoms with Gasteiger partial charge in [-0.25, -0.2) is 8.42 Å². The van der Waals surface area contributed by atoms with E-state index in [1.807, 2.05) is 24.3 Å². The summed E-state index contributed by atoms with van der Waals surface area (Å²) in [5.41, 5.74) is 0.539. The molecule has 1 fully saturated rings. The van der Waals surface area contributed by atoms with Gasteiger partial charge < -0.3 is 14.8 Å². The van der Waals surface area contributed by atoms with Gasteiger partial charge in [-0.1, -0.05) is 36.4 Å². The molecule has 2 aliphatic rings. The largest absolute Gasteiger partial charge is 0.454 e. The maximum atomic E-state index is 13.4. The predicted octanol–water partition coefficient (Wildman–Crippen LogP) is 3.10. The topological polar surface area (TPSA) is 109 Å². The molecule has 3 aromatic carbocycles. The molecule has 0 radical (unpaired) electrons. The Hall–Kier alpha value is -3.61. The molecule has 8 nitrogen and oxygen atoms in total. The fourth-order valence-electron chi connectivity index (χ4n) is 4.27. The number of nitrogens with one attached hydrogen (secondary N) is 1. The molecular weight excluding hydrogens is 442 g/mol. The molecule has 9 heteroatoms. The standard InChI is InChI=1S/C24H21N3O5S/c25-14-20(18-8-10-22-23(13-18)32-15-31-22)26-24(28)21-6-3-11-27(21)33(29,30)19-9-7-16-4-1-2-5-17(16)12-19/h1-2,4-5,7-10,12-13,20-21H,3,6,11,15H2,(H,26,28)/t20?,21-/m0/s1. The number of amides is 1. The normalized spacial score (nSPS) is 18.7. The summed E-state index contributed by atoms with van der Waals surface area (Å²) in [5.74, 6) is 0.578. The van der Waals surface area contributed by atoms with E-state index in [-0.39, 0.29) is 18.2 Å². The van der Waals surface area contributed by atoms with E-state index in [0.717, 1.165) is 10.8 Å². The summed E-state index contributed by atoms with van der Waals surface area (Å²) in [7, 11) is -3.89. The number of nitrogens with zero attached hydrogens (tertiary/aromatic N) is 2. The van der Waals surface area contributed by atoms with E-state index in [1.54, 1.807) is 36.4 Å². The van der Waals surface area contributed by atoms with Crippen LogP contribution in [-0.2, 0) is 14.8 Å². The molecule has 1 unspecified atom stereocenters. The summed E-state index contributed by atoms with van der Waals surface area (Å²) in [5, 5.41) is 14.1. The number of ether oxygens (including phenoxy) is 2. The van der Waals surface area contributed by atoms with Gasteiger partial charge in [0.2, 0.25) is 22.7 Å². The lowest BCUT2D eigenvalue weighted by Crippen LogP contribution is -2.46. The van der Waals surface area contributed by atoms with E-state index in [1.165, 1.54) is 4.31 Å². The monoisotopic (exact) mass is 463 g/mol. The Labute approximate surface area is 191 Å². The summed E-state index contributed by atoms with van der Waals surface area (Å²) in [6.45, 7) is 0.348. The fourth-order valence-corrected chi connectivity index (χ4v) is 5.97. The molecule has 0 saturated carbocycles. The molecule has 2 heterocycles. The predicted molar refractivity (Wildman–Crippen MR) is 120 cm³/mol. The molecule has 33 heavy (non-hydrogen) atoms. The van der Waals surface area contributed by atoms with Gasteiger partial charge in [0.1, 0.15) is 12.1 Å². The minimum absolute atomic E-state index is 0.103. The number of hydrogen-bond donors (Lipinski definition) is 1. The van der Waals surface area contributed by atoms with Crippen LogP contribution >= 0.6 is 0 Å². The lowest BCUT2D eigenvalue weighted by atomic mass is 10.1. The van der Waals surface area contributed by atoms with E-state index in [2.05, 4.69) is 11.4 Å². The van der Waals surface area contributed by atoms with Crippen LogP contribution in [0.25, 0.3) is 10.8 Å². The molecule has 0 spiro atoms. The number of benzene rings is 3. The number of rotatable bonds is 5. The van der Waals surface area contributed by atoms with Gasteiger partial charge in [-0.2, -0.15) is 9.57 Å². The molecule has 1 N–H and O–H groups in total. The highest BCUT2D eigenvalue weighted by Gasteiger charge is 2.40. The maximum absolute atomic E-state index is 13.4. The van der Waals surface area contributed by atoms with Crippen LogP contribution in [0.5, 0.6) is 11.5 Å². The first-order valence-corrected chi connectivity index (χ1v) is 12.0. The first-order valence-electron chi connectivity index (χ1n) is 10.6. The quantitative estimate of drug-likeness (QED) is 0.623. The van der Waals surface area contributed by atoms with Crippen LogP contribution in [0, 0.1) is 11.3 Å². The van der Waals surface area contributed by atoms with Crippen molar-refractivity contribution in [2.75, 3.05) is 13.3 Å². The maximum Gasteiger partial charge on any atom is 0.243 e. The van der Waals surface area contributed by atoms with Crippen LogP contribution in [0.1, 0.15) is 24.4 Å². The van der Waals surface area contributed by atoms with E-state index in [4.69, 9.17) is 9.47 Å². The average molecular weight is 464 g/mol. The Morgan fingerprint density at radius 2 is 1.85 bits per heavy atom. The Morgan fingerprint density at radius 3 is 2.67 bits per heavy atom. The zero-order chi connectivity index (χ0) is 23.0. The summed E-state index contributed by atoms with van der Waals surface area (Å²) in [6.07, 6.45) is 0.948. The van der Waals surface area contributed by atoms with Crippen molar-refractivity contribution < 1.29 is 22.7 Å². The minimum atomic E-state index is -3.89. The van der Waals surface area contributed by atoms with Crippen molar-refractivity contribution >= 4 is 26.7 Å². The highest BCUT2D eigenvalue weighted by molar-refractivity contribution is 7.89. The van der Waals surface area contributed by atoms with E-state index in [9.17, 15) is 18.5 Å². The highest BCUT2D eigenvalue weighted by Crippen LogP contribution is 2.34. The second kappa shape index (κ2) is 8.39. The summed E-state index contributed by atoms with van der Waals surface area (Å²) in [6, 6.07) is 17.7. The molecule has 168 valence electrons. The number of fused-ring (bicyclic) bond motifs is 2. The zero-order valence-electron chi connectivity index (χ0n) is 17.6. The van der Waals surface area contributed by atoms with Crippen LogP contribution in [-0.4, -0.2) is 38.0 Å². The van der Waals surface area contributed by atoms with Crippen molar-refractivity contribution in [2.24, 2.45) is 0 Å². The number of carbonyl (C=O) groups is 1. The van der Waals surface area contributed by atoms with Crippen LogP contribution < -0.4 is 14.8 Å². The molecule has 5 rings (SSSR count).